The number of likely N-dealkylation sites (tertiary alicyclic amines) is 1. The molecule has 19 heavy (non-hydrogen) atoms. The van der Waals surface area contributed by atoms with Crippen LogP contribution in [0.15, 0.2) is 18.2 Å². The summed E-state index contributed by atoms with van der Waals surface area (Å²) >= 11 is 0. The van der Waals surface area contributed by atoms with Gasteiger partial charge in [0.25, 0.3) is 0 Å². The molecular weight excluding hydrogens is 247 g/mol. The third kappa shape index (κ3) is 3.92. The maximum absolute atomic E-state index is 13.4. The van der Waals surface area contributed by atoms with Crippen LogP contribution in [0.25, 0.3) is 0 Å². The molecule has 1 aliphatic rings. The van der Waals surface area contributed by atoms with Crippen LogP contribution in [0.5, 0.6) is 0 Å². The number of carbonyl (C=O) groups excluding carboxylic acids is 1. The van der Waals surface area contributed by atoms with E-state index in [0.717, 1.165) is 26.1 Å². The smallest absolute Gasteiger partial charge is 0.341 e. The van der Waals surface area contributed by atoms with Crippen molar-refractivity contribution in [3.8, 4) is 0 Å². The molecule has 1 fully saturated rings. The van der Waals surface area contributed by atoms with Gasteiger partial charge in [0.15, 0.2) is 0 Å². The number of rotatable bonds is 5. The predicted octanol–water partition coefficient (Wildman–Crippen LogP) is 2.05. The first-order valence-corrected chi connectivity index (χ1v) is 6.61. The first-order valence-electron chi connectivity index (χ1n) is 6.61. The van der Waals surface area contributed by atoms with E-state index in [4.69, 9.17) is 10.5 Å². The summed E-state index contributed by atoms with van der Waals surface area (Å²) in [7, 11) is 0. The van der Waals surface area contributed by atoms with Crippen LogP contribution in [-0.4, -0.2) is 37.1 Å². The van der Waals surface area contributed by atoms with Gasteiger partial charge in [-0.15, -0.1) is 0 Å². The summed E-state index contributed by atoms with van der Waals surface area (Å²) < 4.78 is 18.5. The number of halogens is 1. The zero-order chi connectivity index (χ0) is 13.7. The summed E-state index contributed by atoms with van der Waals surface area (Å²) in [5.74, 6) is -1.25. The van der Waals surface area contributed by atoms with E-state index in [9.17, 15) is 9.18 Å². The van der Waals surface area contributed by atoms with Gasteiger partial charge in [-0.3, -0.25) is 0 Å². The van der Waals surface area contributed by atoms with Crippen molar-refractivity contribution in [1.82, 2.24) is 4.90 Å². The fourth-order valence-corrected chi connectivity index (χ4v) is 2.24. The van der Waals surface area contributed by atoms with Crippen LogP contribution in [0.4, 0.5) is 10.1 Å². The number of nitrogens with two attached hydrogens (primary N) is 1. The van der Waals surface area contributed by atoms with E-state index in [0.29, 0.717) is 12.3 Å². The normalized spacial score (nSPS) is 15.6. The summed E-state index contributed by atoms with van der Waals surface area (Å²) in [5.41, 5.74) is 5.78. The Balaban J connectivity index is 1.75. The lowest BCUT2D eigenvalue weighted by Gasteiger charge is -2.14. The molecule has 1 aromatic rings. The minimum atomic E-state index is -0.647. The van der Waals surface area contributed by atoms with E-state index >= 15 is 0 Å². The molecule has 5 heteroatoms. The van der Waals surface area contributed by atoms with Crippen LogP contribution >= 0.6 is 0 Å². The Morgan fingerprint density at radius 1 is 1.37 bits per heavy atom. The fraction of sp³-hybridized carbons (Fsp3) is 0.500. The lowest BCUT2D eigenvalue weighted by atomic mass is 10.2. The quantitative estimate of drug-likeness (QED) is 0.503. The minimum Gasteiger partial charge on any atom is -0.462 e. The molecule has 0 saturated carbocycles. The van der Waals surface area contributed by atoms with Gasteiger partial charge in [0, 0.05) is 12.2 Å². The molecule has 2 rings (SSSR count). The molecule has 1 saturated heterocycles. The lowest BCUT2D eigenvalue weighted by Crippen LogP contribution is -2.22. The fourth-order valence-electron chi connectivity index (χ4n) is 2.24. The van der Waals surface area contributed by atoms with Gasteiger partial charge in [0.1, 0.15) is 5.82 Å². The van der Waals surface area contributed by atoms with Crippen molar-refractivity contribution in [2.24, 2.45) is 0 Å². The zero-order valence-electron chi connectivity index (χ0n) is 10.9. The van der Waals surface area contributed by atoms with E-state index < -0.39 is 11.8 Å². The van der Waals surface area contributed by atoms with Crippen molar-refractivity contribution in [2.45, 2.75) is 19.3 Å². The number of esters is 1. The van der Waals surface area contributed by atoms with Gasteiger partial charge >= 0.3 is 5.97 Å². The number of ether oxygens (including phenoxy) is 1. The summed E-state index contributed by atoms with van der Waals surface area (Å²) in [4.78, 5) is 14.0. The van der Waals surface area contributed by atoms with Crippen molar-refractivity contribution in [3.63, 3.8) is 0 Å². The Morgan fingerprint density at radius 2 is 2.11 bits per heavy atom. The number of benzene rings is 1. The molecule has 104 valence electrons. The molecule has 1 heterocycles. The molecule has 1 aromatic carbocycles. The number of anilines is 1. The zero-order valence-corrected chi connectivity index (χ0v) is 10.9. The largest absolute Gasteiger partial charge is 0.462 e. The van der Waals surface area contributed by atoms with Crippen LogP contribution in [-0.2, 0) is 4.74 Å². The number of nitrogen functional groups attached to an aromatic ring is 1. The Morgan fingerprint density at radius 3 is 2.84 bits per heavy atom. The minimum absolute atomic E-state index is 0.0961. The second-order valence-electron chi connectivity index (χ2n) is 4.78. The molecule has 0 spiro atoms. The van der Waals surface area contributed by atoms with Crippen molar-refractivity contribution < 1.29 is 13.9 Å². The maximum atomic E-state index is 13.4. The highest BCUT2D eigenvalue weighted by Crippen LogP contribution is 2.13. The van der Waals surface area contributed by atoms with E-state index in [1.54, 1.807) is 0 Å². The second kappa shape index (κ2) is 6.52. The molecule has 0 amide bonds. The molecule has 0 bridgehead atoms. The van der Waals surface area contributed by atoms with Crippen LogP contribution < -0.4 is 5.73 Å². The van der Waals surface area contributed by atoms with E-state index in [2.05, 4.69) is 4.90 Å². The molecule has 0 atom stereocenters. The molecule has 0 aliphatic carbocycles. The van der Waals surface area contributed by atoms with Gasteiger partial charge in [0.2, 0.25) is 0 Å². The van der Waals surface area contributed by atoms with Gasteiger partial charge < -0.3 is 15.4 Å². The van der Waals surface area contributed by atoms with Gasteiger partial charge in [-0.2, -0.15) is 0 Å². The second-order valence-corrected chi connectivity index (χ2v) is 4.78. The molecule has 1 aliphatic heterocycles. The molecule has 0 unspecified atom stereocenters. The van der Waals surface area contributed by atoms with Gasteiger partial charge in [-0.25, -0.2) is 9.18 Å². The van der Waals surface area contributed by atoms with Crippen molar-refractivity contribution >= 4 is 11.7 Å². The maximum Gasteiger partial charge on any atom is 0.341 e. The number of nitrogens with zero attached hydrogens (tertiary/aromatic N) is 1. The monoisotopic (exact) mass is 266 g/mol. The van der Waals surface area contributed by atoms with E-state index in [1.165, 1.54) is 31.0 Å². The highest BCUT2D eigenvalue weighted by atomic mass is 19.1. The summed E-state index contributed by atoms with van der Waals surface area (Å²) in [5, 5.41) is 0. The average Bonchev–Trinajstić information content (AvgIpc) is 2.90. The number of hydrogen-bond acceptors (Lipinski definition) is 4. The van der Waals surface area contributed by atoms with E-state index in [1.807, 2.05) is 0 Å². The van der Waals surface area contributed by atoms with Crippen LogP contribution in [0.3, 0.4) is 0 Å². The Bertz CT molecular complexity index is 445. The highest BCUT2D eigenvalue weighted by Gasteiger charge is 2.14. The predicted molar refractivity (Wildman–Crippen MR) is 71.4 cm³/mol. The molecular formula is C14H19FN2O2. The molecule has 0 aromatic heterocycles. The number of hydrogen-bond donors (Lipinski definition) is 1. The van der Waals surface area contributed by atoms with Crippen molar-refractivity contribution in [2.75, 3.05) is 32.0 Å². The number of carbonyl (C=O) groups is 1. The molecule has 2 N–H and O–H groups in total. The Labute approximate surface area is 112 Å². The van der Waals surface area contributed by atoms with Crippen LogP contribution in [0.1, 0.15) is 29.6 Å². The topological polar surface area (TPSA) is 55.6 Å². The third-order valence-electron chi connectivity index (χ3n) is 3.26. The van der Waals surface area contributed by atoms with Gasteiger partial charge in [-0.05, 0) is 50.6 Å². The molecule has 4 nitrogen and oxygen atoms in total. The Hall–Kier alpha value is -1.62. The Kier molecular flexibility index (Phi) is 4.74. The third-order valence-corrected chi connectivity index (χ3v) is 3.26. The van der Waals surface area contributed by atoms with Crippen LogP contribution in [0.2, 0.25) is 0 Å². The first-order chi connectivity index (χ1) is 9.16. The van der Waals surface area contributed by atoms with Gasteiger partial charge in [-0.1, -0.05) is 0 Å². The summed E-state index contributed by atoms with van der Waals surface area (Å²) in [6.45, 7) is 3.48. The van der Waals surface area contributed by atoms with Crippen molar-refractivity contribution in [3.05, 3.63) is 29.6 Å². The van der Waals surface area contributed by atoms with Crippen molar-refractivity contribution in [1.29, 1.82) is 0 Å². The standard InChI is InChI=1S/C14H19FN2O2/c15-13-5-4-11(16)10-12(13)14(18)19-9-3-8-17-6-1-2-7-17/h4-5,10H,1-3,6-9,16H2. The SMILES string of the molecule is Nc1ccc(F)c(C(=O)OCCCN2CCCC2)c1. The van der Waals surface area contributed by atoms with Gasteiger partial charge in [0.05, 0.1) is 12.2 Å². The molecule has 0 radical (unpaired) electrons. The summed E-state index contributed by atoms with van der Waals surface area (Å²) in [6.07, 6.45) is 3.26. The van der Waals surface area contributed by atoms with E-state index in [-0.39, 0.29) is 5.56 Å². The lowest BCUT2D eigenvalue weighted by molar-refractivity contribution is 0.0485. The average molecular weight is 266 g/mol. The highest BCUT2D eigenvalue weighted by molar-refractivity contribution is 5.90. The first kappa shape index (κ1) is 13.8. The summed E-state index contributed by atoms with van der Waals surface area (Å²) in [6, 6.07) is 3.90. The van der Waals surface area contributed by atoms with Crippen LogP contribution in [0, 0.1) is 5.82 Å².